The monoisotopic (exact) mass is 481 g/mol. The van der Waals surface area contributed by atoms with Crippen LogP contribution in [0.15, 0.2) is 57.0 Å². The predicted molar refractivity (Wildman–Crippen MR) is 127 cm³/mol. The number of alkyl halides is 1. The van der Waals surface area contributed by atoms with Gasteiger partial charge >= 0.3 is 6.03 Å². The Bertz CT molecular complexity index is 974. The van der Waals surface area contributed by atoms with E-state index in [1.807, 2.05) is 36.6 Å². The quantitative estimate of drug-likeness (QED) is 0.362. The maximum Gasteiger partial charge on any atom is 0.321 e. The van der Waals surface area contributed by atoms with Crippen LogP contribution < -0.4 is 10.6 Å². The van der Waals surface area contributed by atoms with Gasteiger partial charge in [-0.05, 0) is 36.1 Å². The van der Waals surface area contributed by atoms with Gasteiger partial charge in [0.1, 0.15) is 0 Å². The highest BCUT2D eigenvalue weighted by Crippen LogP contribution is 2.37. The van der Waals surface area contributed by atoms with E-state index in [1.165, 1.54) is 11.3 Å². The standard InChI is InChI=1S/C20H21Cl2N5OS2/c1-2-16-15(7-4-9-21)17(8-10-23-16)29-20-27-26-19(30-20)25-18(28)24-12-13-5-3-6-14(22)11-13/h3-7,10-11,17H,2,8-9,12H2,1H3,(H2,24,25,26,28)/b7-4-. The Labute approximate surface area is 193 Å². The van der Waals surface area contributed by atoms with Crippen LogP contribution in [0.1, 0.15) is 25.3 Å². The second-order valence-corrected chi connectivity index (χ2v) is 9.45. The van der Waals surface area contributed by atoms with Gasteiger partial charge in [0.25, 0.3) is 0 Å². The molecule has 2 aromatic rings. The van der Waals surface area contributed by atoms with Gasteiger partial charge in [-0.2, -0.15) is 0 Å². The number of amides is 2. The molecule has 2 heterocycles. The number of carbonyl (C=O) groups excluding carboxylic acids is 1. The number of urea groups is 1. The Morgan fingerprint density at radius 1 is 1.40 bits per heavy atom. The molecule has 0 spiro atoms. The topological polar surface area (TPSA) is 79.3 Å². The number of aliphatic imine (C=N–C) groups is 1. The van der Waals surface area contributed by atoms with Crippen molar-refractivity contribution in [1.82, 2.24) is 15.5 Å². The van der Waals surface area contributed by atoms with Crippen molar-refractivity contribution in [2.75, 3.05) is 11.2 Å². The van der Waals surface area contributed by atoms with E-state index in [9.17, 15) is 4.79 Å². The molecule has 30 heavy (non-hydrogen) atoms. The molecule has 2 amide bonds. The lowest BCUT2D eigenvalue weighted by atomic mass is 10.0. The lowest BCUT2D eigenvalue weighted by molar-refractivity contribution is 0.251. The smallest absolute Gasteiger partial charge is 0.321 e. The van der Waals surface area contributed by atoms with Crippen LogP contribution in [0.3, 0.4) is 0 Å². The van der Waals surface area contributed by atoms with Gasteiger partial charge in [0.15, 0.2) is 4.34 Å². The highest BCUT2D eigenvalue weighted by Gasteiger charge is 2.22. The van der Waals surface area contributed by atoms with Crippen LogP contribution in [0.5, 0.6) is 0 Å². The summed E-state index contributed by atoms with van der Waals surface area (Å²) in [6, 6.07) is 7.00. The van der Waals surface area contributed by atoms with Crippen molar-refractivity contribution < 1.29 is 4.79 Å². The fourth-order valence-corrected chi connectivity index (χ4v) is 5.24. The Hall–Kier alpha value is -1.87. The number of anilines is 1. The largest absolute Gasteiger partial charge is 0.334 e. The first kappa shape index (κ1) is 22.8. The molecule has 0 radical (unpaired) electrons. The molecule has 1 aliphatic heterocycles. The van der Waals surface area contributed by atoms with Gasteiger partial charge in [0.05, 0.1) is 0 Å². The summed E-state index contributed by atoms with van der Waals surface area (Å²) in [5, 5.41) is 15.1. The second kappa shape index (κ2) is 11.5. The van der Waals surface area contributed by atoms with Gasteiger partial charge in [-0.25, -0.2) is 4.79 Å². The highest BCUT2D eigenvalue weighted by molar-refractivity contribution is 8.01. The molecule has 0 saturated heterocycles. The SMILES string of the molecule is CCC1=C(/C=C\CCl)C(Sc2nnc(NC(=O)NCc3cccc(Cl)c3)s2)CC=N1. The molecule has 3 rings (SSSR count). The third-order valence-electron chi connectivity index (χ3n) is 4.18. The summed E-state index contributed by atoms with van der Waals surface area (Å²) in [6.07, 6.45) is 7.57. The molecule has 1 aromatic carbocycles. The summed E-state index contributed by atoms with van der Waals surface area (Å²) >= 11 is 14.7. The maximum absolute atomic E-state index is 12.2. The van der Waals surface area contributed by atoms with Crippen molar-refractivity contribution in [1.29, 1.82) is 0 Å². The van der Waals surface area contributed by atoms with Gasteiger partial charge in [0, 0.05) is 34.6 Å². The molecular weight excluding hydrogens is 461 g/mol. The number of hydrogen-bond acceptors (Lipinski definition) is 6. The van der Waals surface area contributed by atoms with E-state index in [1.54, 1.807) is 17.8 Å². The molecule has 2 N–H and O–H groups in total. The Kier molecular flexibility index (Phi) is 8.74. The lowest BCUT2D eigenvalue weighted by Crippen LogP contribution is -2.28. The van der Waals surface area contributed by atoms with Crippen molar-refractivity contribution in [3.05, 3.63) is 58.3 Å². The average Bonchev–Trinajstić information content (AvgIpc) is 3.18. The summed E-state index contributed by atoms with van der Waals surface area (Å²) in [7, 11) is 0. The number of nitrogens with zero attached hydrogens (tertiary/aromatic N) is 3. The molecule has 1 unspecified atom stereocenters. The van der Waals surface area contributed by atoms with Crippen molar-refractivity contribution >= 4 is 63.7 Å². The van der Waals surface area contributed by atoms with E-state index in [4.69, 9.17) is 23.2 Å². The Morgan fingerprint density at radius 3 is 3.03 bits per heavy atom. The number of nitrogens with one attached hydrogen (secondary N) is 2. The van der Waals surface area contributed by atoms with E-state index in [2.05, 4.69) is 32.7 Å². The number of hydrogen-bond donors (Lipinski definition) is 2. The Morgan fingerprint density at radius 2 is 2.27 bits per heavy atom. The molecule has 6 nitrogen and oxygen atoms in total. The number of rotatable bonds is 8. The van der Waals surface area contributed by atoms with Gasteiger partial charge in [0.2, 0.25) is 5.13 Å². The van der Waals surface area contributed by atoms with Crippen LogP contribution in [0, 0.1) is 0 Å². The molecule has 10 heteroatoms. The highest BCUT2D eigenvalue weighted by atomic mass is 35.5. The van der Waals surface area contributed by atoms with E-state index >= 15 is 0 Å². The normalized spacial score (nSPS) is 16.3. The van der Waals surface area contributed by atoms with E-state index < -0.39 is 0 Å². The van der Waals surface area contributed by atoms with Crippen LogP contribution in [-0.2, 0) is 6.54 Å². The first-order valence-corrected chi connectivity index (χ1v) is 12.0. The fraction of sp³-hybridized carbons (Fsp3) is 0.300. The molecule has 1 aliphatic rings. The van der Waals surface area contributed by atoms with E-state index in [0.717, 1.165) is 34.0 Å². The van der Waals surface area contributed by atoms with Crippen LogP contribution in [0.25, 0.3) is 0 Å². The third kappa shape index (κ3) is 6.57. The molecule has 0 fully saturated rings. The molecule has 158 valence electrons. The summed E-state index contributed by atoms with van der Waals surface area (Å²) in [6.45, 7) is 2.46. The minimum Gasteiger partial charge on any atom is -0.334 e. The van der Waals surface area contributed by atoms with Crippen molar-refractivity contribution in [3.63, 3.8) is 0 Å². The van der Waals surface area contributed by atoms with Crippen LogP contribution in [-0.4, -0.2) is 33.6 Å². The van der Waals surface area contributed by atoms with Crippen LogP contribution in [0.2, 0.25) is 5.02 Å². The summed E-state index contributed by atoms with van der Waals surface area (Å²) in [5.41, 5.74) is 3.14. The zero-order valence-corrected chi connectivity index (χ0v) is 19.4. The second-order valence-electron chi connectivity index (χ2n) is 6.28. The molecule has 1 atom stereocenters. The number of allylic oxidation sites excluding steroid dienone is 3. The molecule has 0 saturated carbocycles. The van der Waals surface area contributed by atoms with Gasteiger partial charge in [-0.3, -0.25) is 10.3 Å². The first-order valence-electron chi connectivity index (χ1n) is 9.36. The van der Waals surface area contributed by atoms with Gasteiger partial charge in [-0.1, -0.05) is 65.9 Å². The molecule has 1 aromatic heterocycles. The molecule has 0 bridgehead atoms. The van der Waals surface area contributed by atoms with Crippen molar-refractivity contribution in [2.45, 2.75) is 35.9 Å². The fourth-order valence-electron chi connectivity index (χ4n) is 2.83. The zero-order chi connectivity index (χ0) is 21.3. The van der Waals surface area contributed by atoms with Gasteiger partial charge < -0.3 is 5.32 Å². The number of halogens is 2. The Balaban J connectivity index is 1.58. The van der Waals surface area contributed by atoms with Crippen molar-refractivity contribution in [3.8, 4) is 0 Å². The van der Waals surface area contributed by atoms with E-state index in [-0.39, 0.29) is 11.3 Å². The average molecular weight is 482 g/mol. The van der Waals surface area contributed by atoms with Gasteiger partial charge in [-0.15, -0.1) is 21.8 Å². The minimum atomic E-state index is -0.341. The molecular formula is C20H21Cl2N5OS2. The lowest BCUT2D eigenvalue weighted by Gasteiger charge is -2.20. The summed E-state index contributed by atoms with van der Waals surface area (Å²) in [5.74, 6) is 0.457. The minimum absolute atomic E-state index is 0.189. The number of carbonyl (C=O) groups is 1. The number of benzene rings is 1. The number of thioether (sulfide) groups is 1. The summed E-state index contributed by atoms with van der Waals surface area (Å²) in [4.78, 5) is 16.7. The number of aromatic nitrogens is 2. The third-order valence-corrected chi connectivity index (χ3v) is 6.78. The summed E-state index contributed by atoms with van der Waals surface area (Å²) < 4.78 is 0.785. The molecule has 0 aliphatic carbocycles. The maximum atomic E-state index is 12.2. The first-order chi connectivity index (χ1) is 14.6. The zero-order valence-electron chi connectivity index (χ0n) is 16.3. The van der Waals surface area contributed by atoms with E-state index in [0.29, 0.717) is 22.6 Å². The predicted octanol–water partition coefficient (Wildman–Crippen LogP) is 5.91. The van der Waals surface area contributed by atoms with Crippen LogP contribution in [0.4, 0.5) is 9.93 Å². The van der Waals surface area contributed by atoms with Crippen LogP contribution >= 0.6 is 46.3 Å². The van der Waals surface area contributed by atoms with Crippen molar-refractivity contribution in [2.24, 2.45) is 4.99 Å².